The van der Waals surface area contributed by atoms with Gasteiger partial charge in [-0.3, -0.25) is 0 Å². The number of benzene rings is 2. The van der Waals surface area contributed by atoms with Crippen molar-refractivity contribution in [3.05, 3.63) is 53.6 Å². The minimum absolute atomic E-state index is 0.0797. The van der Waals surface area contributed by atoms with Gasteiger partial charge in [0, 0.05) is 16.3 Å². The lowest BCUT2D eigenvalue weighted by Gasteiger charge is -2.09. The molecule has 106 valence electrons. The van der Waals surface area contributed by atoms with Crippen molar-refractivity contribution in [1.82, 2.24) is 0 Å². The van der Waals surface area contributed by atoms with E-state index in [4.69, 9.17) is 10.9 Å². The fourth-order valence-corrected chi connectivity index (χ4v) is 3.97. The number of sulfonamides is 1. The Morgan fingerprint density at radius 2 is 1.85 bits per heavy atom. The van der Waals surface area contributed by atoms with Gasteiger partial charge in [0.25, 0.3) is 0 Å². The summed E-state index contributed by atoms with van der Waals surface area (Å²) in [5.74, 6) is 0.680. The summed E-state index contributed by atoms with van der Waals surface area (Å²) in [5.41, 5.74) is 8.35. The Morgan fingerprint density at radius 3 is 2.50 bits per heavy atom. The number of aryl methyl sites for hydroxylation is 1. The first kappa shape index (κ1) is 14.9. The average Bonchev–Trinajstić information content (AvgIpc) is 2.38. The van der Waals surface area contributed by atoms with Crippen LogP contribution in [0.15, 0.2) is 52.3 Å². The van der Waals surface area contributed by atoms with Crippen LogP contribution in [0.1, 0.15) is 11.1 Å². The average molecular weight is 308 g/mol. The molecule has 0 unspecified atom stereocenters. The van der Waals surface area contributed by atoms with Gasteiger partial charge in [0.2, 0.25) is 10.0 Å². The maximum atomic E-state index is 11.6. The van der Waals surface area contributed by atoms with Crippen molar-refractivity contribution < 1.29 is 8.42 Å². The SMILES string of the molecule is Cc1ccccc1CSc1ccc(N)cc1S(N)(=O)=O. The Kier molecular flexibility index (Phi) is 4.37. The number of nitrogens with two attached hydrogens (primary N) is 2. The predicted octanol–water partition coefficient (Wildman–Crippen LogP) is 2.52. The Labute approximate surface area is 123 Å². The molecular formula is C14H16N2O2S2. The maximum absolute atomic E-state index is 11.6. The lowest BCUT2D eigenvalue weighted by molar-refractivity contribution is 0.596. The van der Waals surface area contributed by atoms with Crippen molar-refractivity contribution in [2.24, 2.45) is 5.14 Å². The number of hydrogen-bond acceptors (Lipinski definition) is 4. The van der Waals surface area contributed by atoms with Gasteiger partial charge >= 0.3 is 0 Å². The molecule has 0 fully saturated rings. The van der Waals surface area contributed by atoms with E-state index in [2.05, 4.69) is 0 Å². The van der Waals surface area contributed by atoms with E-state index in [1.165, 1.54) is 23.4 Å². The first-order chi connectivity index (χ1) is 9.38. The van der Waals surface area contributed by atoms with Crippen LogP contribution >= 0.6 is 11.8 Å². The molecule has 0 aliphatic carbocycles. The second-order valence-electron chi connectivity index (χ2n) is 4.47. The summed E-state index contributed by atoms with van der Waals surface area (Å²) in [5, 5.41) is 5.23. The molecule has 0 aromatic heterocycles. The van der Waals surface area contributed by atoms with Gasteiger partial charge in [0.1, 0.15) is 0 Å². The molecular weight excluding hydrogens is 292 g/mol. The van der Waals surface area contributed by atoms with Gasteiger partial charge in [-0.1, -0.05) is 24.3 Å². The fraction of sp³-hybridized carbons (Fsp3) is 0.143. The monoisotopic (exact) mass is 308 g/mol. The molecule has 4 nitrogen and oxygen atoms in total. The molecule has 0 aliphatic rings. The number of anilines is 1. The zero-order chi connectivity index (χ0) is 14.8. The van der Waals surface area contributed by atoms with Crippen LogP contribution in [-0.4, -0.2) is 8.42 Å². The molecule has 0 radical (unpaired) electrons. The molecule has 0 aliphatic heterocycles. The first-order valence-corrected chi connectivity index (χ1v) is 8.51. The third kappa shape index (κ3) is 3.53. The van der Waals surface area contributed by atoms with E-state index >= 15 is 0 Å². The molecule has 0 saturated carbocycles. The predicted molar refractivity (Wildman–Crippen MR) is 83.0 cm³/mol. The molecule has 2 rings (SSSR count). The van der Waals surface area contributed by atoms with Gasteiger partial charge < -0.3 is 5.73 Å². The van der Waals surface area contributed by atoms with E-state index in [0.717, 1.165) is 5.56 Å². The second-order valence-corrected chi connectivity index (χ2v) is 7.01. The largest absolute Gasteiger partial charge is 0.399 e. The molecule has 2 aromatic rings. The maximum Gasteiger partial charge on any atom is 0.239 e. The summed E-state index contributed by atoms with van der Waals surface area (Å²) >= 11 is 1.44. The van der Waals surface area contributed by atoms with E-state index in [0.29, 0.717) is 16.3 Å². The Hall–Kier alpha value is -1.50. The highest BCUT2D eigenvalue weighted by atomic mass is 32.2. The number of thioether (sulfide) groups is 1. The molecule has 4 N–H and O–H groups in total. The number of primary sulfonamides is 1. The van der Waals surface area contributed by atoms with Crippen LogP contribution in [0.4, 0.5) is 5.69 Å². The van der Waals surface area contributed by atoms with Crippen LogP contribution in [0.25, 0.3) is 0 Å². The van der Waals surface area contributed by atoms with Crippen LogP contribution in [0.3, 0.4) is 0 Å². The lowest BCUT2D eigenvalue weighted by atomic mass is 10.1. The smallest absolute Gasteiger partial charge is 0.239 e. The van der Waals surface area contributed by atoms with Gasteiger partial charge in [-0.15, -0.1) is 11.8 Å². The van der Waals surface area contributed by atoms with Crippen LogP contribution in [0, 0.1) is 6.92 Å². The van der Waals surface area contributed by atoms with Crippen molar-refractivity contribution in [2.45, 2.75) is 22.5 Å². The van der Waals surface area contributed by atoms with Crippen molar-refractivity contribution in [3.63, 3.8) is 0 Å². The van der Waals surface area contributed by atoms with Crippen molar-refractivity contribution in [2.75, 3.05) is 5.73 Å². The van der Waals surface area contributed by atoms with Crippen LogP contribution in [-0.2, 0) is 15.8 Å². The molecule has 0 heterocycles. The summed E-state index contributed by atoms with van der Waals surface area (Å²) in [6.45, 7) is 2.03. The molecule has 0 bridgehead atoms. The van der Waals surface area contributed by atoms with E-state index in [-0.39, 0.29) is 4.90 Å². The molecule has 0 saturated heterocycles. The summed E-state index contributed by atoms with van der Waals surface area (Å²) in [7, 11) is -3.77. The summed E-state index contributed by atoms with van der Waals surface area (Å²) in [6.07, 6.45) is 0. The minimum atomic E-state index is -3.77. The topological polar surface area (TPSA) is 86.2 Å². The number of nitrogen functional groups attached to an aromatic ring is 1. The Morgan fingerprint density at radius 1 is 1.15 bits per heavy atom. The van der Waals surface area contributed by atoms with E-state index < -0.39 is 10.0 Å². The number of rotatable bonds is 4. The quantitative estimate of drug-likeness (QED) is 0.671. The zero-order valence-corrected chi connectivity index (χ0v) is 12.7. The molecule has 2 aromatic carbocycles. The third-order valence-corrected chi connectivity index (χ3v) is 5.12. The van der Waals surface area contributed by atoms with Crippen LogP contribution in [0.2, 0.25) is 0 Å². The van der Waals surface area contributed by atoms with E-state index in [1.54, 1.807) is 12.1 Å². The summed E-state index contributed by atoms with van der Waals surface area (Å²) in [4.78, 5) is 0.695. The highest BCUT2D eigenvalue weighted by molar-refractivity contribution is 7.99. The zero-order valence-electron chi connectivity index (χ0n) is 11.0. The highest BCUT2D eigenvalue weighted by Crippen LogP contribution is 2.30. The summed E-state index contributed by atoms with van der Waals surface area (Å²) in [6, 6.07) is 12.8. The molecule has 0 amide bonds. The third-order valence-electron chi connectivity index (χ3n) is 2.92. The van der Waals surface area contributed by atoms with Gasteiger partial charge in [0.15, 0.2) is 0 Å². The van der Waals surface area contributed by atoms with Crippen LogP contribution < -0.4 is 10.9 Å². The summed E-state index contributed by atoms with van der Waals surface area (Å²) < 4.78 is 23.2. The second kappa shape index (κ2) is 5.87. The molecule has 0 spiro atoms. The number of hydrogen-bond donors (Lipinski definition) is 2. The van der Waals surface area contributed by atoms with Gasteiger partial charge in [-0.25, -0.2) is 13.6 Å². The Balaban J connectivity index is 2.29. The van der Waals surface area contributed by atoms with E-state index in [1.807, 2.05) is 31.2 Å². The van der Waals surface area contributed by atoms with Gasteiger partial charge in [0.05, 0.1) is 4.90 Å². The van der Waals surface area contributed by atoms with Crippen molar-refractivity contribution >= 4 is 27.5 Å². The fourth-order valence-electron chi connectivity index (χ4n) is 1.79. The van der Waals surface area contributed by atoms with Crippen LogP contribution in [0.5, 0.6) is 0 Å². The molecule has 20 heavy (non-hydrogen) atoms. The molecule has 6 heteroatoms. The lowest BCUT2D eigenvalue weighted by Crippen LogP contribution is -2.13. The first-order valence-electron chi connectivity index (χ1n) is 5.97. The highest BCUT2D eigenvalue weighted by Gasteiger charge is 2.15. The van der Waals surface area contributed by atoms with Crippen molar-refractivity contribution in [1.29, 1.82) is 0 Å². The van der Waals surface area contributed by atoms with E-state index in [9.17, 15) is 8.42 Å². The van der Waals surface area contributed by atoms with Gasteiger partial charge in [-0.2, -0.15) is 0 Å². The molecule has 0 atom stereocenters. The standard InChI is InChI=1S/C14H16N2O2S2/c1-10-4-2-3-5-11(10)9-19-13-7-6-12(15)8-14(13)20(16,17)18/h2-8H,9,15H2,1H3,(H2,16,17,18). The Bertz CT molecular complexity index is 728. The van der Waals surface area contributed by atoms with Crippen molar-refractivity contribution in [3.8, 4) is 0 Å². The minimum Gasteiger partial charge on any atom is -0.399 e. The van der Waals surface area contributed by atoms with Gasteiger partial charge in [-0.05, 0) is 36.2 Å². The normalized spacial score (nSPS) is 11.5.